The van der Waals surface area contributed by atoms with E-state index in [-0.39, 0.29) is 23.4 Å². The molecule has 1 aromatic rings. The fraction of sp³-hybridized carbons (Fsp3) is 0.417. The predicted octanol–water partition coefficient (Wildman–Crippen LogP) is 2.87. The Morgan fingerprint density at radius 2 is 2.05 bits per heavy atom. The van der Waals surface area contributed by atoms with Crippen molar-refractivity contribution in [2.24, 2.45) is 0 Å². The van der Waals surface area contributed by atoms with Crippen molar-refractivity contribution in [3.63, 3.8) is 0 Å². The van der Waals surface area contributed by atoms with Gasteiger partial charge in [-0.3, -0.25) is 0 Å². The zero-order valence-electron chi connectivity index (χ0n) is 10.2. The maximum atomic E-state index is 12.3. The Morgan fingerprint density at radius 1 is 1.40 bits per heavy atom. The molecule has 0 saturated carbocycles. The van der Waals surface area contributed by atoms with Crippen molar-refractivity contribution in [1.29, 1.82) is 0 Å². The highest BCUT2D eigenvalue weighted by molar-refractivity contribution is 6.17. The van der Waals surface area contributed by atoms with E-state index >= 15 is 0 Å². The number of aliphatic carboxylic acids is 1. The number of alkyl halides is 4. The van der Waals surface area contributed by atoms with Crippen LogP contribution in [0.2, 0.25) is 0 Å². The van der Waals surface area contributed by atoms with E-state index < -0.39 is 24.2 Å². The molecule has 20 heavy (non-hydrogen) atoms. The minimum Gasteiger partial charge on any atom is -0.479 e. The summed E-state index contributed by atoms with van der Waals surface area (Å²) in [7, 11) is 0. The van der Waals surface area contributed by atoms with Gasteiger partial charge in [0.2, 0.25) is 0 Å². The number of rotatable bonds is 6. The van der Waals surface area contributed by atoms with Crippen molar-refractivity contribution < 1.29 is 32.9 Å². The molecular weight excluding hydrogens is 301 g/mol. The van der Waals surface area contributed by atoms with Crippen LogP contribution in [0.5, 0.6) is 5.75 Å². The van der Waals surface area contributed by atoms with E-state index in [1.807, 2.05) is 0 Å². The van der Waals surface area contributed by atoms with Gasteiger partial charge in [-0.1, -0.05) is 12.1 Å². The van der Waals surface area contributed by atoms with Gasteiger partial charge in [0.1, 0.15) is 5.75 Å². The first-order valence-electron chi connectivity index (χ1n) is 5.60. The third-order valence-corrected chi connectivity index (χ3v) is 2.75. The topological polar surface area (TPSA) is 66.8 Å². The van der Waals surface area contributed by atoms with E-state index in [0.29, 0.717) is 6.42 Å². The number of carboxylic acid groups (broad SMARTS) is 1. The second-order valence-electron chi connectivity index (χ2n) is 3.91. The van der Waals surface area contributed by atoms with Crippen molar-refractivity contribution in [2.45, 2.75) is 25.3 Å². The Morgan fingerprint density at radius 3 is 2.55 bits per heavy atom. The number of hydrogen-bond acceptors (Lipinski definition) is 3. The van der Waals surface area contributed by atoms with Crippen LogP contribution in [0.15, 0.2) is 18.2 Å². The van der Waals surface area contributed by atoms with E-state index in [1.165, 1.54) is 12.1 Å². The molecule has 2 N–H and O–H groups in total. The molecule has 0 bridgehead atoms. The normalized spacial score (nSPS) is 13.1. The van der Waals surface area contributed by atoms with Gasteiger partial charge < -0.3 is 14.9 Å². The number of ether oxygens (including phenoxy) is 1. The minimum absolute atomic E-state index is 0.0135. The number of aliphatic hydroxyl groups is 1. The van der Waals surface area contributed by atoms with Crippen LogP contribution < -0.4 is 4.74 Å². The number of carbonyl (C=O) groups is 1. The third-order valence-electron chi connectivity index (χ3n) is 2.48. The molecule has 1 unspecified atom stereocenters. The summed E-state index contributed by atoms with van der Waals surface area (Å²) in [5.41, 5.74) is -0.148. The molecule has 0 aliphatic carbocycles. The van der Waals surface area contributed by atoms with Crippen molar-refractivity contribution >= 4 is 17.6 Å². The van der Waals surface area contributed by atoms with Crippen molar-refractivity contribution in [3.05, 3.63) is 29.3 Å². The van der Waals surface area contributed by atoms with Gasteiger partial charge in [-0.15, -0.1) is 24.8 Å². The fourth-order valence-electron chi connectivity index (χ4n) is 1.70. The summed E-state index contributed by atoms with van der Waals surface area (Å²) in [5.74, 6) is -1.90. The Bertz CT molecular complexity index is 476. The zero-order valence-corrected chi connectivity index (χ0v) is 10.9. The van der Waals surface area contributed by atoms with Crippen LogP contribution in [0.25, 0.3) is 0 Å². The van der Waals surface area contributed by atoms with Crippen LogP contribution >= 0.6 is 11.6 Å². The molecule has 0 radical (unpaired) electrons. The summed E-state index contributed by atoms with van der Waals surface area (Å²) in [5, 5.41) is 18.3. The number of benzene rings is 1. The molecule has 0 aromatic heterocycles. The first-order chi connectivity index (χ1) is 9.26. The molecule has 8 heteroatoms. The van der Waals surface area contributed by atoms with Crippen LogP contribution in [0.3, 0.4) is 0 Å². The van der Waals surface area contributed by atoms with Gasteiger partial charge in [0.15, 0.2) is 6.10 Å². The molecule has 1 atom stereocenters. The maximum absolute atomic E-state index is 12.3. The molecule has 0 aliphatic heterocycles. The standard InChI is InChI=1S/C12H12ClF3O4/c13-6-2-4-7-8(10(17)11(18)19)3-1-5-9(7)20-12(14,15)16/h1,3,5,10,17H,2,4,6H2,(H,18,19). The second kappa shape index (κ2) is 6.81. The molecule has 0 amide bonds. The molecular formula is C12H12ClF3O4. The smallest absolute Gasteiger partial charge is 0.479 e. The molecule has 1 aromatic carbocycles. The van der Waals surface area contributed by atoms with Gasteiger partial charge in [-0.05, 0) is 24.5 Å². The summed E-state index contributed by atoms with van der Waals surface area (Å²) in [4.78, 5) is 10.8. The highest BCUT2D eigenvalue weighted by Crippen LogP contribution is 2.32. The van der Waals surface area contributed by atoms with Gasteiger partial charge in [-0.2, -0.15) is 0 Å². The van der Waals surface area contributed by atoms with Gasteiger partial charge >= 0.3 is 12.3 Å². The molecule has 0 spiro atoms. The van der Waals surface area contributed by atoms with E-state index in [1.54, 1.807) is 0 Å². The Labute approximate surface area is 117 Å². The third kappa shape index (κ3) is 4.57. The van der Waals surface area contributed by atoms with Crippen molar-refractivity contribution in [2.75, 3.05) is 5.88 Å². The summed E-state index contributed by atoms with van der Waals surface area (Å²) in [6, 6.07) is 3.49. The maximum Gasteiger partial charge on any atom is 0.573 e. The number of carboxylic acids is 1. The molecule has 0 saturated heterocycles. The molecule has 4 nitrogen and oxygen atoms in total. The first-order valence-corrected chi connectivity index (χ1v) is 6.14. The monoisotopic (exact) mass is 312 g/mol. The second-order valence-corrected chi connectivity index (χ2v) is 4.28. The summed E-state index contributed by atoms with van der Waals surface area (Å²) in [6.07, 6.45) is -6.44. The fourth-order valence-corrected chi connectivity index (χ4v) is 1.84. The van der Waals surface area contributed by atoms with Gasteiger partial charge in [0.05, 0.1) is 0 Å². The van der Waals surface area contributed by atoms with Crippen LogP contribution in [-0.4, -0.2) is 28.4 Å². The van der Waals surface area contributed by atoms with E-state index in [4.69, 9.17) is 16.7 Å². The van der Waals surface area contributed by atoms with E-state index in [0.717, 1.165) is 6.07 Å². The van der Waals surface area contributed by atoms with Gasteiger partial charge in [0, 0.05) is 11.4 Å². The van der Waals surface area contributed by atoms with Crippen LogP contribution in [-0.2, 0) is 11.2 Å². The van der Waals surface area contributed by atoms with Crippen molar-refractivity contribution in [1.82, 2.24) is 0 Å². The largest absolute Gasteiger partial charge is 0.573 e. The molecule has 112 valence electrons. The Hall–Kier alpha value is -1.47. The zero-order chi connectivity index (χ0) is 15.3. The number of hydrogen-bond donors (Lipinski definition) is 2. The lowest BCUT2D eigenvalue weighted by Gasteiger charge is -2.18. The highest BCUT2D eigenvalue weighted by Gasteiger charge is 2.33. The molecule has 0 fully saturated rings. The van der Waals surface area contributed by atoms with Crippen LogP contribution in [0.4, 0.5) is 13.2 Å². The molecule has 0 aliphatic rings. The summed E-state index contributed by atoms with van der Waals surface area (Å²) >= 11 is 5.49. The lowest BCUT2D eigenvalue weighted by Crippen LogP contribution is -2.20. The van der Waals surface area contributed by atoms with Crippen molar-refractivity contribution in [3.8, 4) is 5.75 Å². The lowest BCUT2D eigenvalue weighted by molar-refractivity contribution is -0.274. The van der Waals surface area contributed by atoms with E-state index in [2.05, 4.69) is 4.74 Å². The number of aliphatic hydroxyl groups excluding tert-OH is 1. The highest BCUT2D eigenvalue weighted by atomic mass is 35.5. The van der Waals surface area contributed by atoms with Crippen LogP contribution in [0, 0.1) is 0 Å². The van der Waals surface area contributed by atoms with Gasteiger partial charge in [0.25, 0.3) is 0 Å². The predicted molar refractivity (Wildman–Crippen MR) is 64.8 cm³/mol. The lowest BCUT2D eigenvalue weighted by atomic mass is 9.98. The SMILES string of the molecule is O=C(O)C(O)c1cccc(OC(F)(F)F)c1CCCCl. The van der Waals surface area contributed by atoms with Gasteiger partial charge in [-0.25, -0.2) is 4.79 Å². The number of halogens is 4. The van der Waals surface area contributed by atoms with E-state index in [9.17, 15) is 23.1 Å². The summed E-state index contributed by atoms with van der Waals surface area (Å²) < 4.78 is 40.8. The Balaban J connectivity index is 3.22. The minimum atomic E-state index is -4.90. The van der Waals surface area contributed by atoms with Crippen LogP contribution in [0.1, 0.15) is 23.7 Å². The summed E-state index contributed by atoms with van der Waals surface area (Å²) in [6.45, 7) is 0. The Kier molecular flexibility index (Phi) is 5.64. The average molecular weight is 313 g/mol. The molecule has 0 heterocycles. The average Bonchev–Trinajstić information content (AvgIpc) is 2.34. The quantitative estimate of drug-likeness (QED) is 0.793. The molecule has 1 rings (SSSR count). The first kappa shape index (κ1) is 16.6.